The maximum absolute atomic E-state index is 14.1. The van der Waals surface area contributed by atoms with Gasteiger partial charge in [0, 0.05) is 21.8 Å². The number of benzene rings is 3. The summed E-state index contributed by atoms with van der Waals surface area (Å²) in [6.45, 7) is 6.45. The van der Waals surface area contributed by atoms with Crippen LogP contribution < -0.4 is 10.1 Å². The van der Waals surface area contributed by atoms with Crippen LogP contribution in [0, 0.1) is 11.6 Å². The summed E-state index contributed by atoms with van der Waals surface area (Å²) in [5.74, 6) is -0.841. The fourth-order valence-electron chi connectivity index (χ4n) is 3.60. The highest BCUT2D eigenvalue weighted by molar-refractivity contribution is 9.10. The standard InChI is InChI=1S/C27H25BrF2N4O2S/c1-27(2,3)17-7-5-16(6-8-17)25-32-33-26(34(25)19-9-11-20(36-4)12-10-19)37-15-23(35)31-24-21(28)13-18(29)14-22(24)30/h5-14H,15H2,1-4H3,(H,31,35). The van der Waals surface area contributed by atoms with Crippen LogP contribution in [0.1, 0.15) is 26.3 Å². The van der Waals surface area contributed by atoms with Gasteiger partial charge in [0.2, 0.25) is 5.91 Å². The SMILES string of the molecule is COc1ccc(-n2c(SCC(=O)Nc3c(F)cc(F)cc3Br)nnc2-c2ccc(C(C)(C)C)cc2)cc1. The van der Waals surface area contributed by atoms with E-state index in [1.54, 1.807) is 7.11 Å². The molecule has 3 aromatic carbocycles. The molecule has 0 aliphatic rings. The van der Waals surface area contributed by atoms with Gasteiger partial charge in [0.25, 0.3) is 0 Å². The number of aromatic nitrogens is 3. The zero-order valence-electron chi connectivity index (χ0n) is 20.7. The van der Waals surface area contributed by atoms with E-state index in [0.717, 1.165) is 29.1 Å². The van der Waals surface area contributed by atoms with Crippen molar-refractivity contribution in [2.45, 2.75) is 31.3 Å². The number of hydrogen-bond acceptors (Lipinski definition) is 5. The highest BCUT2D eigenvalue weighted by atomic mass is 79.9. The average molecular weight is 587 g/mol. The number of carbonyl (C=O) groups excluding carboxylic acids is 1. The summed E-state index contributed by atoms with van der Waals surface area (Å²) in [7, 11) is 1.60. The van der Waals surface area contributed by atoms with E-state index in [1.807, 2.05) is 41.0 Å². The molecule has 0 saturated carbocycles. The third-order valence-corrected chi connectivity index (χ3v) is 7.13. The van der Waals surface area contributed by atoms with Gasteiger partial charge in [0.15, 0.2) is 16.8 Å². The Labute approximate surface area is 226 Å². The molecule has 10 heteroatoms. The minimum absolute atomic E-state index is 0.00948. The zero-order valence-corrected chi connectivity index (χ0v) is 23.1. The van der Waals surface area contributed by atoms with Crippen molar-refractivity contribution < 1.29 is 18.3 Å². The average Bonchev–Trinajstić information content (AvgIpc) is 3.28. The third-order valence-electron chi connectivity index (χ3n) is 5.58. The second-order valence-electron chi connectivity index (χ2n) is 9.25. The Morgan fingerprint density at radius 2 is 1.73 bits per heavy atom. The molecule has 0 aliphatic heterocycles. The van der Waals surface area contributed by atoms with Crippen molar-refractivity contribution in [2.24, 2.45) is 0 Å². The van der Waals surface area contributed by atoms with Crippen molar-refractivity contribution in [3.63, 3.8) is 0 Å². The number of nitrogens with one attached hydrogen (secondary N) is 1. The number of thioether (sulfide) groups is 1. The van der Waals surface area contributed by atoms with Crippen molar-refractivity contribution in [3.05, 3.63) is 82.3 Å². The minimum Gasteiger partial charge on any atom is -0.497 e. The van der Waals surface area contributed by atoms with Crippen LogP contribution in [0.25, 0.3) is 17.1 Å². The van der Waals surface area contributed by atoms with Crippen LogP contribution in [-0.4, -0.2) is 33.5 Å². The summed E-state index contributed by atoms with van der Waals surface area (Å²) in [6, 6.07) is 17.4. The summed E-state index contributed by atoms with van der Waals surface area (Å²) < 4.78 is 34.8. The molecule has 192 valence electrons. The number of nitrogens with zero attached hydrogens (tertiary/aromatic N) is 3. The van der Waals surface area contributed by atoms with Gasteiger partial charge in [-0.3, -0.25) is 9.36 Å². The Morgan fingerprint density at radius 1 is 1.05 bits per heavy atom. The maximum atomic E-state index is 14.1. The number of halogens is 3. The van der Waals surface area contributed by atoms with Crippen LogP contribution in [0.3, 0.4) is 0 Å². The molecule has 0 unspecified atom stereocenters. The quantitative estimate of drug-likeness (QED) is 0.236. The van der Waals surface area contributed by atoms with E-state index in [-0.39, 0.29) is 21.3 Å². The van der Waals surface area contributed by atoms with E-state index in [2.05, 4.69) is 64.3 Å². The van der Waals surface area contributed by atoms with Crippen LogP contribution in [0.5, 0.6) is 5.75 Å². The number of carbonyl (C=O) groups is 1. The van der Waals surface area contributed by atoms with Crippen LogP contribution in [0.4, 0.5) is 14.5 Å². The highest BCUT2D eigenvalue weighted by Gasteiger charge is 2.20. The summed E-state index contributed by atoms with van der Waals surface area (Å²) in [5.41, 5.74) is 2.73. The molecule has 1 heterocycles. The molecule has 4 aromatic rings. The Bertz CT molecular complexity index is 1400. The normalized spacial score (nSPS) is 11.4. The van der Waals surface area contributed by atoms with E-state index >= 15 is 0 Å². The predicted octanol–water partition coefficient (Wildman–Crippen LogP) is 7.01. The molecule has 0 saturated heterocycles. The zero-order chi connectivity index (χ0) is 26.7. The summed E-state index contributed by atoms with van der Waals surface area (Å²) in [6.07, 6.45) is 0. The second kappa shape index (κ2) is 11.0. The fraction of sp³-hybridized carbons (Fsp3) is 0.222. The Hall–Kier alpha value is -3.24. The van der Waals surface area contributed by atoms with Crippen molar-refractivity contribution in [1.29, 1.82) is 0 Å². The van der Waals surface area contributed by atoms with E-state index in [0.29, 0.717) is 22.8 Å². The molecule has 6 nitrogen and oxygen atoms in total. The molecule has 4 rings (SSSR count). The molecule has 0 aliphatic carbocycles. The van der Waals surface area contributed by atoms with Crippen molar-refractivity contribution in [2.75, 3.05) is 18.2 Å². The predicted molar refractivity (Wildman–Crippen MR) is 145 cm³/mol. The van der Waals surface area contributed by atoms with Gasteiger partial charge in [0.05, 0.1) is 18.6 Å². The molecule has 0 fully saturated rings. The lowest BCUT2D eigenvalue weighted by Gasteiger charge is -2.19. The first-order chi connectivity index (χ1) is 17.6. The minimum atomic E-state index is -0.868. The molecule has 1 amide bonds. The first-order valence-corrected chi connectivity index (χ1v) is 13.1. The van der Waals surface area contributed by atoms with Crippen LogP contribution in [0.2, 0.25) is 0 Å². The van der Waals surface area contributed by atoms with Gasteiger partial charge in [-0.15, -0.1) is 10.2 Å². The lowest BCUT2D eigenvalue weighted by molar-refractivity contribution is -0.113. The Balaban J connectivity index is 1.63. The molecule has 1 N–H and O–H groups in total. The van der Waals surface area contributed by atoms with Gasteiger partial charge in [-0.25, -0.2) is 8.78 Å². The molecule has 0 radical (unpaired) electrons. The van der Waals surface area contributed by atoms with E-state index < -0.39 is 17.5 Å². The van der Waals surface area contributed by atoms with Crippen molar-refractivity contribution >= 4 is 39.3 Å². The first kappa shape index (κ1) is 26.8. The number of methoxy groups -OCH3 is 1. The van der Waals surface area contributed by atoms with Crippen LogP contribution in [-0.2, 0) is 10.2 Å². The highest BCUT2D eigenvalue weighted by Crippen LogP contribution is 2.32. The molecular weight excluding hydrogens is 562 g/mol. The van der Waals surface area contributed by atoms with Crippen molar-refractivity contribution in [3.8, 4) is 22.8 Å². The van der Waals surface area contributed by atoms with Gasteiger partial charge < -0.3 is 10.1 Å². The van der Waals surface area contributed by atoms with Gasteiger partial charge in [-0.05, 0) is 57.2 Å². The van der Waals surface area contributed by atoms with Gasteiger partial charge in [-0.1, -0.05) is 56.8 Å². The molecule has 1 aromatic heterocycles. The molecule has 0 spiro atoms. The van der Waals surface area contributed by atoms with Crippen LogP contribution >= 0.6 is 27.7 Å². The third kappa shape index (κ3) is 6.19. The molecule has 37 heavy (non-hydrogen) atoms. The second-order valence-corrected chi connectivity index (χ2v) is 11.0. The van der Waals surface area contributed by atoms with E-state index in [1.165, 1.54) is 5.56 Å². The summed E-state index contributed by atoms with van der Waals surface area (Å²) >= 11 is 4.24. The fourth-order valence-corrected chi connectivity index (χ4v) is 4.86. The smallest absolute Gasteiger partial charge is 0.234 e. The Morgan fingerprint density at radius 3 is 2.32 bits per heavy atom. The first-order valence-electron chi connectivity index (χ1n) is 11.3. The Kier molecular flexibility index (Phi) is 7.99. The monoisotopic (exact) mass is 586 g/mol. The molecule has 0 bridgehead atoms. The number of anilines is 1. The van der Waals surface area contributed by atoms with E-state index in [9.17, 15) is 13.6 Å². The number of rotatable bonds is 7. The largest absolute Gasteiger partial charge is 0.497 e. The molecular formula is C27H25BrF2N4O2S. The molecule has 0 atom stereocenters. The number of hydrogen-bond donors (Lipinski definition) is 1. The number of amides is 1. The summed E-state index contributed by atoms with van der Waals surface area (Å²) in [5, 5.41) is 11.7. The topological polar surface area (TPSA) is 69.0 Å². The van der Waals surface area contributed by atoms with Gasteiger partial charge >= 0.3 is 0 Å². The lowest BCUT2D eigenvalue weighted by Crippen LogP contribution is -2.16. The van der Waals surface area contributed by atoms with E-state index in [4.69, 9.17) is 4.74 Å². The van der Waals surface area contributed by atoms with Gasteiger partial charge in [0.1, 0.15) is 11.6 Å². The summed E-state index contributed by atoms with van der Waals surface area (Å²) in [4.78, 5) is 12.6. The van der Waals surface area contributed by atoms with Crippen LogP contribution in [0.15, 0.2) is 70.3 Å². The lowest BCUT2D eigenvalue weighted by atomic mass is 9.87. The van der Waals surface area contributed by atoms with Crippen molar-refractivity contribution in [1.82, 2.24) is 14.8 Å². The number of ether oxygens (including phenoxy) is 1. The van der Waals surface area contributed by atoms with Gasteiger partial charge in [-0.2, -0.15) is 0 Å². The maximum Gasteiger partial charge on any atom is 0.234 e.